The molecule has 0 saturated heterocycles. The van der Waals surface area contributed by atoms with Crippen molar-refractivity contribution in [1.82, 2.24) is 9.97 Å². The van der Waals surface area contributed by atoms with Crippen LogP contribution in [-0.4, -0.2) is 36.8 Å². The predicted octanol–water partition coefficient (Wildman–Crippen LogP) is 4.20. The van der Waals surface area contributed by atoms with Gasteiger partial charge in [-0.15, -0.1) is 0 Å². The normalized spacial score (nSPS) is 13.2. The number of hydrogen-bond acceptors (Lipinski definition) is 8. The monoisotopic (exact) mass is 468 g/mol. The van der Waals surface area contributed by atoms with E-state index >= 15 is 0 Å². The van der Waals surface area contributed by atoms with Gasteiger partial charge in [0.15, 0.2) is 16.7 Å². The van der Waals surface area contributed by atoms with Crippen LogP contribution in [0.3, 0.4) is 0 Å². The SMILES string of the molecule is COS(=O)c1ccc2c(c1)cc(S(=O)(=O)OC)c1oc(-c3ccc4ccccc4n3)nc12. The molecule has 0 aliphatic heterocycles. The van der Waals surface area contributed by atoms with Crippen molar-refractivity contribution < 1.29 is 25.4 Å². The summed E-state index contributed by atoms with van der Waals surface area (Å²) in [7, 11) is -1.72. The highest BCUT2D eigenvalue weighted by Crippen LogP contribution is 2.36. The van der Waals surface area contributed by atoms with Crippen LogP contribution in [0.25, 0.3) is 44.4 Å². The summed E-state index contributed by atoms with van der Waals surface area (Å²) >= 11 is -1.68. The lowest BCUT2D eigenvalue weighted by Crippen LogP contribution is -2.03. The Kier molecular flexibility index (Phi) is 5.01. The van der Waals surface area contributed by atoms with Crippen molar-refractivity contribution in [3.05, 3.63) is 60.7 Å². The van der Waals surface area contributed by atoms with Gasteiger partial charge in [-0.05, 0) is 35.7 Å². The molecule has 2 heterocycles. The Morgan fingerprint density at radius 2 is 1.75 bits per heavy atom. The minimum absolute atomic E-state index is 0.0601. The minimum atomic E-state index is -4.12. The molecule has 0 amide bonds. The fourth-order valence-electron chi connectivity index (χ4n) is 3.52. The van der Waals surface area contributed by atoms with Crippen molar-refractivity contribution >= 4 is 54.0 Å². The number of hydrogen-bond donors (Lipinski definition) is 0. The maximum Gasteiger partial charge on any atom is 0.300 e. The number of pyridine rings is 1. The zero-order chi connectivity index (χ0) is 22.5. The molecule has 8 nitrogen and oxygen atoms in total. The van der Waals surface area contributed by atoms with Gasteiger partial charge in [0.25, 0.3) is 0 Å². The van der Waals surface area contributed by atoms with Gasteiger partial charge in [0, 0.05) is 10.8 Å². The third kappa shape index (κ3) is 3.37. The molecule has 0 aliphatic rings. The minimum Gasteiger partial charge on any atom is -0.433 e. The Hall–Kier alpha value is -3.18. The molecule has 1 unspecified atom stereocenters. The van der Waals surface area contributed by atoms with Gasteiger partial charge >= 0.3 is 10.1 Å². The lowest BCUT2D eigenvalue weighted by Gasteiger charge is -2.06. The number of fused-ring (bicyclic) bond motifs is 4. The van der Waals surface area contributed by atoms with E-state index in [1.54, 1.807) is 24.3 Å². The Morgan fingerprint density at radius 1 is 0.938 bits per heavy atom. The first-order valence-electron chi connectivity index (χ1n) is 9.41. The third-order valence-corrected chi connectivity index (χ3v) is 7.29. The van der Waals surface area contributed by atoms with E-state index in [1.165, 1.54) is 13.2 Å². The second kappa shape index (κ2) is 7.75. The molecule has 5 aromatic rings. The van der Waals surface area contributed by atoms with Crippen LogP contribution in [0.4, 0.5) is 0 Å². The molecule has 0 radical (unpaired) electrons. The van der Waals surface area contributed by atoms with Crippen LogP contribution in [0.5, 0.6) is 0 Å². The summed E-state index contributed by atoms with van der Waals surface area (Å²) in [5.41, 5.74) is 1.61. The predicted molar refractivity (Wildman–Crippen MR) is 120 cm³/mol. The van der Waals surface area contributed by atoms with Crippen LogP contribution in [0, 0.1) is 0 Å². The van der Waals surface area contributed by atoms with Gasteiger partial charge in [0.2, 0.25) is 5.89 Å². The number of nitrogens with zero attached hydrogens (tertiary/aromatic N) is 2. The zero-order valence-electron chi connectivity index (χ0n) is 16.9. The van der Waals surface area contributed by atoms with E-state index in [1.807, 2.05) is 30.3 Å². The lowest BCUT2D eigenvalue weighted by molar-refractivity contribution is 0.397. The molecule has 0 bridgehead atoms. The van der Waals surface area contributed by atoms with Gasteiger partial charge < -0.3 is 4.42 Å². The molecule has 32 heavy (non-hydrogen) atoms. The highest BCUT2D eigenvalue weighted by molar-refractivity contribution is 7.87. The van der Waals surface area contributed by atoms with Crippen LogP contribution in [-0.2, 0) is 29.6 Å². The summed E-state index contributed by atoms with van der Waals surface area (Å²) in [5.74, 6) is 0.176. The summed E-state index contributed by atoms with van der Waals surface area (Å²) in [5, 5.41) is 2.09. The first-order chi connectivity index (χ1) is 15.4. The number of aromatic nitrogens is 2. The van der Waals surface area contributed by atoms with Crippen LogP contribution in [0.1, 0.15) is 0 Å². The van der Waals surface area contributed by atoms with Gasteiger partial charge in [0.1, 0.15) is 16.1 Å². The largest absolute Gasteiger partial charge is 0.433 e. The van der Waals surface area contributed by atoms with Crippen LogP contribution >= 0.6 is 0 Å². The van der Waals surface area contributed by atoms with Gasteiger partial charge in [-0.1, -0.05) is 30.3 Å². The summed E-state index contributed by atoms with van der Waals surface area (Å²) in [6.45, 7) is 0. The van der Waals surface area contributed by atoms with Crippen LogP contribution < -0.4 is 0 Å². The van der Waals surface area contributed by atoms with Gasteiger partial charge in [-0.2, -0.15) is 8.42 Å². The van der Waals surface area contributed by atoms with E-state index in [0.29, 0.717) is 26.9 Å². The van der Waals surface area contributed by atoms with E-state index in [0.717, 1.165) is 18.0 Å². The molecule has 0 N–H and O–H groups in total. The van der Waals surface area contributed by atoms with Crippen molar-refractivity contribution in [3.8, 4) is 11.6 Å². The lowest BCUT2D eigenvalue weighted by atomic mass is 10.1. The third-order valence-electron chi connectivity index (χ3n) is 5.07. The maximum atomic E-state index is 12.6. The highest BCUT2D eigenvalue weighted by Gasteiger charge is 2.25. The molecular weight excluding hydrogens is 452 g/mol. The topological polar surface area (TPSA) is 109 Å². The Balaban J connectivity index is 1.81. The summed E-state index contributed by atoms with van der Waals surface area (Å²) in [6.07, 6.45) is 0. The first-order valence-corrected chi connectivity index (χ1v) is 11.9. The molecule has 0 saturated carbocycles. The molecule has 5 rings (SSSR count). The van der Waals surface area contributed by atoms with Gasteiger partial charge in [0.05, 0.1) is 24.6 Å². The van der Waals surface area contributed by atoms with Crippen LogP contribution in [0.2, 0.25) is 0 Å². The molecule has 3 aromatic carbocycles. The van der Waals surface area contributed by atoms with Gasteiger partial charge in [-0.3, -0.25) is 8.37 Å². The summed E-state index contributed by atoms with van der Waals surface area (Å²) in [4.78, 5) is 9.36. The Morgan fingerprint density at radius 3 is 2.53 bits per heavy atom. The smallest absolute Gasteiger partial charge is 0.300 e. The molecule has 0 spiro atoms. The van der Waals surface area contributed by atoms with Crippen molar-refractivity contribution in [2.45, 2.75) is 9.79 Å². The second-order valence-corrected chi connectivity index (χ2v) is 9.82. The number of para-hydroxylation sites is 1. The molecular formula is C22H16N2O6S2. The van der Waals surface area contributed by atoms with Crippen LogP contribution in [0.15, 0.2) is 74.9 Å². The van der Waals surface area contributed by atoms with Crippen molar-refractivity contribution in [2.24, 2.45) is 0 Å². The van der Waals surface area contributed by atoms with E-state index in [-0.39, 0.29) is 16.4 Å². The molecule has 0 aliphatic carbocycles. The molecule has 0 fully saturated rings. The zero-order valence-corrected chi connectivity index (χ0v) is 18.6. The average molecular weight is 469 g/mol. The van der Waals surface area contributed by atoms with E-state index < -0.39 is 21.2 Å². The van der Waals surface area contributed by atoms with Crippen molar-refractivity contribution in [2.75, 3.05) is 14.2 Å². The second-order valence-electron chi connectivity index (χ2n) is 6.87. The Bertz CT molecular complexity index is 1640. The van der Waals surface area contributed by atoms with E-state index in [4.69, 9.17) is 12.8 Å². The number of oxazole rings is 1. The standard InChI is InChI=1S/C22H16N2O6S2/c1-28-31(25)15-8-9-16-14(11-15)12-19(32(26,27)29-2)21-20(16)24-22(30-21)18-10-7-13-5-3-4-6-17(13)23-18/h3-12H,1-2H3. The fraction of sp³-hybridized carbons (Fsp3) is 0.0909. The molecule has 162 valence electrons. The molecule has 1 atom stereocenters. The Labute approximate surface area is 185 Å². The summed E-state index contributed by atoms with van der Waals surface area (Å²) < 4.78 is 52.9. The van der Waals surface area contributed by atoms with E-state index in [9.17, 15) is 12.6 Å². The molecule has 2 aromatic heterocycles. The van der Waals surface area contributed by atoms with Crippen molar-refractivity contribution in [1.29, 1.82) is 0 Å². The quantitative estimate of drug-likeness (QED) is 0.353. The molecule has 10 heteroatoms. The van der Waals surface area contributed by atoms with Gasteiger partial charge in [-0.25, -0.2) is 14.2 Å². The number of rotatable bonds is 5. The first kappa shape index (κ1) is 20.7. The fourth-order valence-corrected chi connectivity index (χ4v) is 4.93. The number of benzene rings is 3. The van der Waals surface area contributed by atoms with E-state index in [2.05, 4.69) is 9.97 Å². The average Bonchev–Trinajstić information content (AvgIpc) is 3.27. The highest BCUT2D eigenvalue weighted by atomic mass is 32.2. The summed E-state index contributed by atoms with van der Waals surface area (Å²) in [6, 6.07) is 17.6. The van der Waals surface area contributed by atoms with Crippen molar-refractivity contribution in [3.63, 3.8) is 0 Å². The maximum absolute atomic E-state index is 12.6.